The monoisotopic (exact) mass is 313 g/mol. The van der Waals surface area contributed by atoms with Crippen molar-refractivity contribution in [3.05, 3.63) is 23.2 Å². The smallest absolute Gasteiger partial charge is 0.332 e. The van der Waals surface area contributed by atoms with Gasteiger partial charge in [-0.2, -0.15) is 0 Å². The van der Waals surface area contributed by atoms with E-state index in [0.29, 0.717) is 29.3 Å². The van der Waals surface area contributed by atoms with Crippen LogP contribution in [0.1, 0.15) is 12.8 Å². The topological polar surface area (TPSA) is 76.1 Å². The molecule has 0 unspecified atom stereocenters. The first-order valence-electron chi connectivity index (χ1n) is 6.43. The largest absolute Gasteiger partial charge is 0.495 e. The second-order valence-corrected chi connectivity index (χ2v) is 5.15. The summed E-state index contributed by atoms with van der Waals surface area (Å²) in [5, 5.41) is 9.28. The lowest BCUT2D eigenvalue weighted by Gasteiger charge is -2.21. The molecule has 2 rings (SSSR count). The van der Waals surface area contributed by atoms with Crippen LogP contribution in [0.4, 0.5) is 5.69 Å². The molecular formula is C14H16ClNO5. The third-order valence-electron chi connectivity index (χ3n) is 3.42. The third kappa shape index (κ3) is 3.28. The van der Waals surface area contributed by atoms with Gasteiger partial charge in [0.15, 0.2) is 6.10 Å². The molecule has 1 saturated heterocycles. The van der Waals surface area contributed by atoms with E-state index >= 15 is 0 Å². The number of amides is 1. The maximum atomic E-state index is 12.3. The second-order valence-electron chi connectivity index (χ2n) is 4.75. The molecule has 1 aliphatic heterocycles. The number of carbonyl (C=O) groups is 2. The normalized spacial score (nSPS) is 21.1. The van der Waals surface area contributed by atoms with Gasteiger partial charge in [-0.05, 0) is 31.0 Å². The number of rotatable bonds is 4. The predicted octanol–water partition coefficient (Wildman–Crippen LogP) is 1.94. The van der Waals surface area contributed by atoms with Crippen LogP contribution in [0.25, 0.3) is 0 Å². The summed E-state index contributed by atoms with van der Waals surface area (Å²) in [6.07, 6.45) is -0.920. The van der Waals surface area contributed by atoms with Crippen molar-refractivity contribution in [1.29, 1.82) is 0 Å². The highest BCUT2D eigenvalue weighted by molar-refractivity contribution is 6.32. The number of carbonyl (C=O) groups excluding carboxylic acids is 1. The third-order valence-corrected chi connectivity index (χ3v) is 3.72. The molecule has 0 spiro atoms. The van der Waals surface area contributed by atoms with Crippen molar-refractivity contribution in [2.75, 3.05) is 19.1 Å². The van der Waals surface area contributed by atoms with E-state index in [0.717, 1.165) is 0 Å². The molecule has 7 heteroatoms. The minimum Gasteiger partial charge on any atom is -0.495 e. The molecule has 21 heavy (non-hydrogen) atoms. The Morgan fingerprint density at radius 1 is 1.38 bits per heavy atom. The zero-order valence-electron chi connectivity index (χ0n) is 11.7. The Hall–Kier alpha value is -1.79. The van der Waals surface area contributed by atoms with Gasteiger partial charge in [0, 0.05) is 12.7 Å². The Morgan fingerprint density at radius 2 is 2.05 bits per heavy atom. The van der Waals surface area contributed by atoms with Gasteiger partial charge in [-0.1, -0.05) is 11.6 Å². The van der Waals surface area contributed by atoms with Crippen LogP contribution in [-0.2, 0) is 14.3 Å². The van der Waals surface area contributed by atoms with E-state index in [-0.39, 0.29) is 5.91 Å². The molecule has 0 radical (unpaired) electrons. The number of hydrogen-bond donors (Lipinski definition) is 1. The maximum absolute atomic E-state index is 12.3. The van der Waals surface area contributed by atoms with Crippen LogP contribution in [0.5, 0.6) is 5.75 Å². The van der Waals surface area contributed by atoms with Gasteiger partial charge in [0.05, 0.1) is 12.1 Å². The SMILES string of the molecule is COc1ccc(N(C)C(=O)[C@@H]2CC[C@H](C(=O)O)O2)cc1Cl. The molecule has 0 aromatic heterocycles. The molecule has 1 heterocycles. The van der Waals surface area contributed by atoms with Gasteiger partial charge in [-0.15, -0.1) is 0 Å². The Labute approximate surface area is 127 Å². The molecule has 114 valence electrons. The quantitative estimate of drug-likeness (QED) is 0.919. The van der Waals surface area contributed by atoms with Crippen molar-refractivity contribution in [1.82, 2.24) is 0 Å². The standard InChI is InChI=1S/C14H16ClNO5/c1-16(8-3-4-10(20-2)9(15)7-8)13(17)11-5-6-12(21-11)14(18)19/h3-4,7,11-12H,5-6H2,1-2H3,(H,18,19)/t11-,12+/m0/s1. The van der Waals surface area contributed by atoms with Gasteiger partial charge in [0.2, 0.25) is 0 Å². The molecule has 0 bridgehead atoms. The Morgan fingerprint density at radius 3 is 2.57 bits per heavy atom. The zero-order valence-corrected chi connectivity index (χ0v) is 12.5. The van der Waals surface area contributed by atoms with Crippen LogP contribution in [0.15, 0.2) is 18.2 Å². The lowest BCUT2D eigenvalue weighted by atomic mass is 10.1. The van der Waals surface area contributed by atoms with E-state index in [1.54, 1.807) is 25.2 Å². The zero-order chi connectivity index (χ0) is 15.6. The maximum Gasteiger partial charge on any atom is 0.332 e. The summed E-state index contributed by atoms with van der Waals surface area (Å²) in [7, 11) is 3.10. The van der Waals surface area contributed by atoms with Crippen molar-refractivity contribution in [3.8, 4) is 5.75 Å². The Balaban J connectivity index is 2.09. The van der Waals surface area contributed by atoms with E-state index in [2.05, 4.69) is 0 Å². The molecule has 1 amide bonds. The summed E-state index contributed by atoms with van der Waals surface area (Å²) >= 11 is 6.03. The van der Waals surface area contributed by atoms with Crippen molar-refractivity contribution in [2.24, 2.45) is 0 Å². The Kier molecular flexibility index (Phi) is 4.69. The number of nitrogens with zero attached hydrogens (tertiary/aromatic N) is 1. The molecule has 1 fully saturated rings. The van der Waals surface area contributed by atoms with E-state index < -0.39 is 18.2 Å². The number of aliphatic carboxylic acids is 1. The summed E-state index contributed by atoms with van der Waals surface area (Å²) in [4.78, 5) is 24.6. The van der Waals surface area contributed by atoms with E-state index in [1.165, 1.54) is 12.0 Å². The summed E-state index contributed by atoms with van der Waals surface area (Å²) in [6.45, 7) is 0. The summed E-state index contributed by atoms with van der Waals surface area (Å²) in [5.41, 5.74) is 0.591. The first kappa shape index (κ1) is 15.6. The summed E-state index contributed by atoms with van der Waals surface area (Å²) < 4.78 is 10.3. The summed E-state index contributed by atoms with van der Waals surface area (Å²) in [5.74, 6) is -0.815. The molecule has 0 aliphatic carbocycles. The van der Waals surface area contributed by atoms with Gasteiger partial charge in [0.1, 0.15) is 11.9 Å². The highest BCUT2D eigenvalue weighted by Gasteiger charge is 2.36. The van der Waals surface area contributed by atoms with Gasteiger partial charge in [-0.25, -0.2) is 4.79 Å². The molecule has 1 aromatic rings. The fourth-order valence-corrected chi connectivity index (χ4v) is 2.46. The van der Waals surface area contributed by atoms with Crippen LogP contribution in [0, 0.1) is 0 Å². The molecule has 1 aliphatic rings. The number of carboxylic acids is 1. The molecule has 2 atom stereocenters. The minimum absolute atomic E-state index is 0.292. The fourth-order valence-electron chi connectivity index (χ4n) is 2.21. The minimum atomic E-state index is -1.04. The second kappa shape index (κ2) is 6.32. The van der Waals surface area contributed by atoms with Crippen LogP contribution in [-0.4, -0.2) is 43.3 Å². The number of likely N-dealkylation sites (N-methyl/N-ethyl adjacent to an activating group) is 1. The van der Waals surface area contributed by atoms with Gasteiger partial charge >= 0.3 is 5.97 Å². The van der Waals surface area contributed by atoms with Gasteiger partial charge < -0.3 is 19.5 Å². The van der Waals surface area contributed by atoms with Crippen molar-refractivity contribution >= 4 is 29.2 Å². The van der Waals surface area contributed by atoms with E-state index in [4.69, 9.17) is 26.2 Å². The first-order valence-corrected chi connectivity index (χ1v) is 6.81. The van der Waals surface area contributed by atoms with Crippen molar-refractivity contribution in [3.63, 3.8) is 0 Å². The first-order chi connectivity index (χ1) is 9.93. The molecule has 1 aromatic carbocycles. The van der Waals surface area contributed by atoms with Crippen molar-refractivity contribution < 1.29 is 24.2 Å². The molecule has 0 saturated carbocycles. The van der Waals surface area contributed by atoms with Crippen LogP contribution < -0.4 is 9.64 Å². The number of hydrogen-bond acceptors (Lipinski definition) is 4. The lowest BCUT2D eigenvalue weighted by molar-refractivity contribution is -0.151. The number of ether oxygens (including phenoxy) is 2. The molecule has 1 N–H and O–H groups in total. The van der Waals surface area contributed by atoms with Crippen molar-refractivity contribution in [2.45, 2.75) is 25.0 Å². The average molecular weight is 314 g/mol. The average Bonchev–Trinajstić information content (AvgIpc) is 2.95. The van der Waals surface area contributed by atoms with Crippen LogP contribution in [0.3, 0.4) is 0 Å². The number of halogens is 1. The fraction of sp³-hybridized carbons (Fsp3) is 0.429. The van der Waals surface area contributed by atoms with Gasteiger partial charge in [-0.3, -0.25) is 4.79 Å². The highest BCUT2D eigenvalue weighted by Crippen LogP contribution is 2.30. The molecular weight excluding hydrogens is 298 g/mol. The summed E-state index contributed by atoms with van der Waals surface area (Å²) in [6, 6.07) is 4.98. The van der Waals surface area contributed by atoms with Crippen LogP contribution >= 0.6 is 11.6 Å². The number of benzene rings is 1. The Bertz CT molecular complexity index is 562. The predicted molar refractivity (Wildman–Crippen MR) is 76.9 cm³/mol. The number of anilines is 1. The number of methoxy groups -OCH3 is 1. The molecule has 6 nitrogen and oxygen atoms in total. The number of carboxylic acid groups (broad SMARTS) is 1. The van der Waals surface area contributed by atoms with E-state index in [9.17, 15) is 9.59 Å². The van der Waals surface area contributed by atoms with Crippen LogP contribution in [0.2, 0.25) is 5.02 Å². The van der Waals surface area contributed by atoms with E-state index in [1.807, 2.05) is 0 Å². The van der Waals surface area contributed by atoms with Gasteiger partial charge in [0.25, 0.3) is 5.91 Å². The highest BCUT2D eigenvalue weighted by atomic mass is 35.5. The lowest BCUT2D eigenvalue weighted by Crippen LogP contribution is -2.37.